The Hall–Kier alpha value is -2.58. The summed E-state index contributed by atoms with van der Waals surface area (Å²) in [5.41, 5.74) is 1.78. The van der Waals surface area contributed by atoms with Crippen molar-refractivity contribution in [1.82, 2.24) is 20.0 Å². The predicted octanol–water partition coefficient (Wildman–Crippen LogP) is 2.41. The van der Waals surface area contributed by atoms with Crippen molar-refractivity contribution in [1.29, 1.82) is 0 Å². The molecule has 2 heterocycles. The largest absolute Gasteiger partial charge is 0.463 e. The fraction of sp³-hybridized carbons (Fsp3) is 0.500. The molecule has 1 aromatic rings. The van der Waals surface area contributed by atoms with E-state index in [-0.39, 0.29) is 18.5 Å². The Kier molecular flexibility index (Phi) is 7.56. The van der Waals surface area contributed by atoms with E-state index in [0.29, 0.717) is 55.4 Å². The van der Waals surface area contributed by atoms with Crippen LogP contribution in [0.3, 0.4) is 0 Å². The standard InChI is InChI=1S/C22H29ClN4O4/c1-4-18(28)27-12-10-26(11-13-27)14-17-19(21(29)31-5-2)20(24-22(30)25(17)3)15-6-8-16(23)9-7-15/h6-9,20H,4-5,10-14H2,1-3H3,(H,24,30). The minimum Gasteiger partial charge on any atom is -0.463 e. The maximum Gasteiger partial charge on any atom is 0.338 e. The van der Waals surface area contributed by atoms with Crippen LogP contribution in [0.15, 0.2) is 35.5 Å². The van der Waals surface area contributed by atoms with Crippen LogP contribution in [0.4, 0.5) is 4.79 Å². The van der Waals surface area contributed by atoms with Crippen molar-refractivity contribution < 1.29 is 19.1 Å². The number of benzene rings is 1. The molecule has 0 aliphatic carbocycles. The van der Waals surface area contributed by atoms with Gasteiger partial charge in [-0.05, 0) is 24.6 Å². The highest BCUT2D eigenvalue weighted by atomic mass is 35.5. The number of rotatable bonds is 6. The Balaban J connectivity index is 1.92. The Labute approximate surface area is 187 Å². The maximum atomic E-state index is 13.0. The molecule has 0 bridgehead atoms. The monoisotopic (exact) mass is 448 g/mol. The highest BCUT2D eigenvalue weighted by Gasteiger charge is 2.37. The molecule has 2 aliphatic heterocycles. The van der Waals surface area contributed by atoms with Gasteiger partial charge in [0, 0.05) is 56.9 Å². The van der Waals surface area contributed by atoms with E-state index in [1.807, 2.05) is 11.8 Å². The van der Waals surface area contributed by atoms with Crippen LogP contribution in [-0.2, 0) is 14.3 Å². The van der Waals surface area contributed by atoms with Gasteiger partial charge in [-0.1, -0.05) is 30.7 Å². The minimum absolute atomic E-state index is 0.142. The van der Waals surface area contributed by atoms with E-state index < -0.39 is 12.0 Å². The molecule has 0 aromatic heterocycles. The summed E-state index contributed by atoms with van der Waals surface area (Å²) in [6, 6.07) is 6.14. The molecule has 1 atom stereocenters. The molecule has 1 saturated heterocycles. The van der Waals surface area contributed by atoms with Gasteiger partial charge in [0.2, 0.25) is 5.91 Å². The maximum absolute atomic E-state index is 13.0. The lowest BCUT2D eigenvalue weighted by atomic mass is 9.94. The van der Waals surface area contributed by atoms with E-state index in [0.717, 1.165) is 5.56 Å². The van der Waals surface area contributed by atoms with Crippen molar-refractivity contribution in [2.75, 3.05) is 46.4 Å². The van der Waals surface area contributed by atoms with E-state index >= 15 is 0 Å². The number of halogens is 1. The third-order valence-corrected chi connectivity index (χ3v) is 5.93. The molecule has 0 spiro atoms. The number of nitrogens with one attached hydrogen (secondary N) is 1. The highest BCUT2D eigenvalue weighted by molar-refractivity contribution is 6.30. The second-order valence-corrected chi connectivity index (χ2v) is 8.02. The van der Waals surface area contributed by atoms with Crippen molar-refractivity contribution >= 4 is 29.5 Å². The van der Waals surface area contributed by atoms with E-state index in [1.54, 1.807) is 38.2 Å². The summed E-state index contributed by atoms with van der Waals surface area (Å²) in [7, 11) is 1.65. The number of urea groups is 1. The number of ether oxygens (including phenoxy) is 1. The number of piperazine rings is 1. The van der Waals surface area contributed by atoms with Gasteiger partial charge in [0.15, 0.2) is 0 Å². The number of hydrogen-bond donors (Lipinski definition) is 1. The number of amides is 3. The molecular weight excluding hydrogens is 420 g/mol. The zero-order valence-electron chi connectivity index (χ0n) is 18.2. The van der Waals surface area contributed by atoms with Crippen molar-refractivity contribution in [2.24, 2.45) is 0 Å². The molecule has 9 heteroatoms. The van der Waals surface area contributed by atoms with Crippen LogP contribution in [0.25, 0.3) is 0 Å². The number of hydrogen-bond acceptors (Lipinski definition) is 5. The first kappa shape index (κ1) is 23.1. The molecule has 2 aliphatic rings. The molecule has 0 saturated carbocycles. The number of likely N-dealkylation sites (N-methyl/N-ethyl adjacent to an activating group) is 1. The smallest absolute Gasteiger partial charge is 0.338 e. The summed E-state index contributed by atoms with van der Waals surface area (Å²) < 4.78 is 5.35. The summed E-state index contributed by atoms with van der Waals surface area (Å²) in [6.45, 7) is 6.87. The number of carbonyl (C=O) groups excluding carboxylic acids is 3. The molecule has 31 heavy (non-hydrogen) atoms. The van der Waals surface area contributed by atoms with Gasteiger partial charge in [-0.2, -0.15) is 0 Å². The Bertz CT molecular complexity index is 863. The second kappa shape index (κ2) is 10.2. The van der Waals surface area contributed by atoms with Crippen molar-refractivity contribution in [3.63, 3.8) is 0 Å². The molecule has 1 fully saturated rings. The van der Waals surface area contributed by atoms with Gasteiger partial charge in [0.1, 0.15) is 0 Å². The fourth-order valence-corrected chi connectivity index (χ4v) is 4.02. The normalized spacial score (nSPS) is 20.0. The summed E-state index contributed by atoms with van der Waals surface area (Å²) in [4.78, 5) is 43.2. The summed E-state index contributed by atoms with van der Waals surface area (Å²) in [6.07, 6.45) is 0.490. The van der Waals surface area contributed by atoms with Crippen molar-refractivity contribution in [2.45, 2.75) is 26.3 Å². The molecule has 0 radical (unpaired) electrons. The van der Waals surface area contributed by atoms with Gasteiger partial charge in [0.25, 0.3) is 0 Å². The van der Waals surface area contributed by atoms with Gasteiger partial charge in [0.05, 0.1) is 18.2 Å². The van der Waals surface area contributed by atoms with Crippen LogP contribution in [0, 0.1) is 0 Å². The Morgan fingerprint density at radius 3 is 2.35 bits per heavy atom. The molecule has 8 nitrogen and oxygen atoms in total. The quantitative estimate of drug-likeness (QED) is 0.676. The van der Waals surface area contributed by atoms with Crippen molar-refractivity contribution in [3.05, 3.63) is 46.1 Å². The van der Waals surface area contributed by atoms with Crippen LogP contribution in [0.1, 0.15) is 31.9 Å². The minimum atomic E-state index is -0.627. The third kappa shape index (κ3) is 5.19. The molecule has 1 N–H and O–H groups in total. The lowest BCUT2D eigenvalue weighted by molar-refractivity contribution is -0.139. The Morgan fingerprint density at radius 1 is 1.13 bits per heavy atom. The predicted molar refractivity (Wildman–Crippen MR) is 117 cm³/mol. The average Bonchev–Trinajstić information content (AvgIpc) is 2.77. The van der Waals surface area contributed by atoms with E-state index in [1.165, 1.54) is 4.90 Å². The van der Waals surface area contributed by atoms with Gasteiger partial charge < -0.3 is 15.0 Å². The second-order valence-electron chi connectivity index (χ2n) is 7.58. The third-order valence-electron chi connectivity index (χ3n) is 5.68. The fourth-order valence-electron chi connectivity index (χ4n) is 3.89. The topological polar surface area (TPSA) is 82.2 Å². The highest BCUT2D eigenvalue weighted by Crippen LogP contribution is 2.32. The van der Waals surface area contributed by atoms with E-state index in [2.05, 4.69) is 10.2 Å². The van der Waals surface area contributed by atoms with Crippen molar-refractivity contribution in [3.8, 4) is 0 Å². The average molecular weight is 449 g/mol. The van der Waals surface area contributed by atoms with Crippen LogP contribution < -0.4 is 5.32 Å². The molecular formula is C22H29ClN4O4. The SMILES string of the molecule is CCOC(=O)C1=C(CN2CCN(C(=O)CC)CC2)N(C)C(=O)NC1c1ccc(Cl)cc1. The number of esters is 1. The Morgan fingerprint density at radius 2 is 1.77 bits per heavy atom. The molecule has 1 unspecified atom stereocenters. The van der Waals surface area contributed by atoms with Crippen LogP contribution in [-0.4, -0.2) is 79.0 Å². The van der Waals surface area contributed by atoms with Crippen LogP contribution in [0.2, 0.25) is 5.02 Å². The van der Waals surface area contributed by atoms with Gasteiger partial charge >= 0.3 is 12.0 Å². The van der Waals surface area contributed by atoms with E-state index in [4.69, 9.17) is 16.3 Å². The summed E-state index contributed by atoms with van der Waals surface area (Å²) in [5.74, 6) is -0.313. The number of carbonyl (C=O) groups is 3. The van der Waals surface area contributed by atoms with Gasteiger partial charge in [-0.25, -0.2) is 9.59 Å². The van der Waals surface area contributed by atoms with Gasteiger partial charge in [-0.3, -0.25) is 14.6 Å². The zero-order chi connectivity index (χ0) is 22.5. The van der Waals surface area contributed by atoms with E-state index in [9.17, 15) is 14.4 Å². The molecule has 1 aromatic carbocycles. The first-order valence-corrected chi connectivity index (χ1v) is 10.9. The number of nitrogens with zero attached hydrogens (tertiary/aromatic N) is 3. The lowest BCUT2D eigenvalue weighted by Crippen LogP contribution is -2.53. The molecule has 3 rings (SSSR count). The zero-order valence-corrected chi connectivity index (χ0v) is 18.9. The first-order chi connectivity index (χ1) is 14.8. The summed E-state index contributed by atoms with van der Waals surface area (Å²) >= 11 is 6.02. The molecule has 3 amide bonds. The first-order valence-electron chi connectivity index (χ1n) is 10.6. The lowest BCUT2D eigenvalue weighted by Gasteiger charge is -2.39. The van der Waals surface area contributed by atoms with Gasteiger partial charge in [-0.15, -0.1) is 0 Å². The molecule has 168 valence electrons. The summed E-state index contributed by atoms with van der Waals surface area (Å²) in [5, 5.41) is 3.48. The van der Waals surface area contributed by atoms with Crippen LogP contribution >= 0.6 is 11.6 Å². The van der Waals surface area contributed by atoms with Crippen LogP contribution in [0.5, 0.6) is 0 Å².